The number of carbonyl (C=O) groups is 1. The summed E-state index contributed by atoms with van der Waals surface area (Å²) in [6.07, 6.45) is 3.27. The second-order valence-electron chi connectivity index (χ2n) is 5.00. The summed E-state index contributed by atoms with van der Waals surface area (Å²) in [6, 6.07) is 7.65. The van der Waals surface area contributed by atoms with E-state index in [1.165, 1.54) is 16.4 Å². The molecule has 0 aliphatic heterocycles. The van der Waals surface area contributed by atoms with Gasteiger partial charge in [-0.3, -0.25) is 4.79 Å². The number of halogens is 1. The lowest BCUT2D eigenvalue weighted by Gasteiger charge is -2.06. The Kier molecular flexibility index (Phi) is 6.91. The molecule has 0 aliphatic carbocycles. The quantitative estimate of drug-likeness (QED) is 0.406. The van der Waals surface area contributed by atoms with Gasteiger partial charge in [-0.05, 0) is 18.6 Å². The number of nitrogen functional groups attached to an aromatic ring is 1. The number of nitrogens with zero attached hydrogens (tertiary/aromatic N) is 3. The van der Waals surface area contributed by atoms with Crippen LogP contribution >= 0.6 is 27.7 Å². The van der Waals surface area contributed by atoms with Crippen molar-refractivity contribution < 1.29 is 4.79 Å². The lowest BCUT2D eigenvalue weighted by atomic mass is 10.2. The molecule has 2 aromatic rings. The highest BCUT2D eigenvalue weighted by Gasteiger charge is 2.15. The van der Waals surface area contributed by atoms with Crippen LogP contribution in [-0.4, -0.2) is 33.1 Å². The van der Waals surface area contributed by atoms with Gasteiger partial charge in [-0.15, -0.1) is 10.2 Å². The lowest BCUT2D eigenvalue weighted by molar-refractivity contribution is -0.118. The summed E-state index contributed by atoms with van der Waals surface area (Å²) in [5.41, 5.74) is 0.860. The van der Waals surface area contributed by atoms with Crippen molar-refractivity contribution in [1.82, 2.24) is 20.2 Å². The zero-order valence-corrected chi connectivity index (χ0v) is 15.4. The molecular weight excluding hydrogens is 378 g/mol. The Morgan fingerprint density at radius 3 is 2.87 bits per heavy atom. The first-order valence-electron chi connectivity index (χ1n) is 7.48. The smallest absolute Gasteiger partial charge is 0.230 e. The number of nitrogens with one attached hydrogen (secondary N) is 1. The minimum absolute atomic E-state index is 0.0171. The molecule has 1 aromatic heterocycles. The molecule has 0 aliphatic rings. The first kappa shape index (κ1) is 17.8. The average molecular weight is 398 g/mol. The molecule has 1 aromatic carbocycles. The molecule has 6 nitrogen and oxygen atoms in total. The van der Waals surface area contributed by atoms with Crippen LogP contribution < -0.4 is 11.2 Å². The van der Waals surface area contributed by atoms with Crippen molar-refractivity contribution in [2.75, 3.05) is 18.1 Å². The summed E-state index contributed by atoms with van der Waals surface area (Å²) >= 11 is 4.75. The second-order valence-corrected chi connectivity index (χ2v) is 6.80. The molecule has 23 heavy (non-hydrogen) atoms. The summed E-state index contributed by atoms with van der Waals surface area (Å²) in [6.45, 7) is 2.85. The van der Waals surface area contributed by atoms with E-state index >= 15 is 0 Å². The highest BCUT2D eigenvalue weighted by molar-refractivity contribution is 9.10. The molecule has 0 radical (unpaired) electrons. The maximum Gasteiger partial charge on any atom is 0.230 e. The predicted molar refractivity (Wildman–Crippen MR) is 96.6 cm³/mol. The van der Waals surface area contributed by atoms with Gasteiger partial charge in [-0.2, -0.15) is 0 Å². The van der Waals surface area contributed by atoms with Crippen molar-refractivity contribution in [3.05, 3.63) is 28.7 Å². The number of rotatable bonds is 8. The van der Waals surface area contributed by atoms with Gasteiger partial charge < -0.3 is 11.2 Å². The predicted octanol–water partition coefficient (Wildman–Crippen LogP) is 2.82. The van der Waals surface area contributed by atoms with E-state index in [2.05, 4.69) is 38.4 Å². The average Bonchev–Trinajstić information content (AvgIpc) is 2.91. The number of nitrogens with two attached hydrogens (primary N) is 1. The normalized spacial score (nSPS) is 10.7. The molecular formula is C15H20BrN5OS. The fourth-order valence-electron chi connectivity index (χ4n) is 1.99. The largest absolute Gasteiger partial charge is 0.355 e. The molecule has 0 saturated heterocycles. The molecule has 1 heterocycles. The zero-order valence-electron chi connectivity index (χ0n) is 13.0. The Morgan fingerprint density at radius 1 is 1.35 bits per heavy atom. The van der Waals surface area contributed by atoms with Crippen LogP contribution in [0, 0.1) is 0 Å². The van der Waals surface area contributed by atoms with E-state index in [0.717, 1.165) is 29.3 Å². The van der Waals surface area contributed by atoms with Gasteiger partial charge >= 0.3 is 0 Å². The maximum absolute atomic E-state index is 11.8. The van der Waals surface area contributed by atoms with E-state index < -0.39 is 0 Å². The topological polar surface area (TPSA) is 85.8 Å². The molecule has 3 N–H and O–H groups in total. The molecule has 0 atom stereocenters. The standard InChI is InChI=1S/C15H20BrN5OS/c1-2-3-6-9-18-13(22)10-23-15-20-19-14(21(15)17)11-7-4-5-8-12(11)16/h4-5,7-8H,2-3,6,9-10,17H2,1H3,(H,18,22). The maximum atomic E-state index is 11.8. The molecule has 0 fully saturated rings. The van der Waals surface area contributed by atoms with Gasteiger partial charge in [0.2, 0.25) is 11.1 Å². The van der Waals surface area contributed by atoms with E-state index in [1.54, 1.807) is 0 Å². The highest BCUT2D eigenvalue weighted by Crippen LogP contribution is 2.27. The number of hydrogen-bond donors (Lipinski definition) is 2. The Bertz CT molecular complexity index is 661. The van der Waals surface area contributed by atoms with Crippen molar-refractivity contribution in [2.24, 2.45) is 0 Å². The van der Waals surface area contributed by atoms with Gasteiger partial charge in [0.15, 0.2) is 5.82 Å². The number of aromatic nitrogens is 3. The van der Waals surface area contributed by atoms with Crippen molar-refractivity contribution in [3.8, 4) is 11.4 Å². The van der Waals surface area contributed by atoms with Crippen LogP contribution in [0.4, 0.5) is 0 Å². The first-order chi connectivity index (χ1) is 11.1. The Morgan fingerprint density at radius 2 is 2.13 bits per heavy atom. The number of unbranched alkanes of at least 4 members (excludes halogenated alkanes) is 2. The summed E-state index contributed by atoms with van der Waals surface area (Å²) < 4.78 is 2.30. The van der Waals surface area contributed by atoms with E-state index in [0.29, 0.717) is 17.5 Å². The SMILES string of the molecule is CCCCCNC(=O)CSc1nnc(-c2ccccc2Br)n1N. The fourth-order valence-corrected chi connectivity index (χ4v) is 3.13. The van der Waals surface area contributed by atoms with Gasteiger partial charge in [-0.25, -0.2) is 4.68 Å². The van der Waals surface area contributed by atoms with Crippen LogP contribution in [0.1, 0.15) is 26.2 Å². The van der Waals surface area contributed by atoms with Gasteiger partial charge in [0.25, 0.3) is 0 Å². The van der Waals surface area contributed by atoms with Crippen LogP contribution in [0.2, 0.25) is 0 Å². The molecule has 1 amide bonds. The Hall–Kier alpha value is -1.54. The number of thioether (sulfide) groups is 1. The first-order valence-corrected chi connectivity index (χ1v) is 9.26. The molecule has 0 unspecified atom stereocenters. The van der Waals surface area contributed by atoms with Crippen molar-refractivity contribution in [2.45, 2.75) is 31.3 Å². The van der Waals surface area contributed by atoms with E-state index in [9.17, 15) is 4.79 Å². The molecule has 2 rings (SSSR count). The van der Waals surface area contributed by atoms with Crippen molar-refractivity contribution >= 4 is 33.6 Å². The van der Waals surface area contributed by atoms with Crippen LogP contribution in [0.15, 0.2) is 33.9 Å². The van der Waals surface area contributed by atoms with E-state index in [4.69, 9.17) is 5.84 Å². The fraction of sp³-hybridized carbons (Fsp3) is 0.400. The third kappa shape index (κ3) is 4.97. The zero-order chi connectivity index (χ0) is 16.7. The number of benzene rings is 1. The molecule has 124 valence electrons. The van der Waals surface area contributed by atoms with Crippen LogP contribution in [0.3, 0.4) is 0 Å². The van der Waals surface area contributed by atoms with Crippen LogP contribution in [0.25, 0.3) is 11.4 Å². The molecule has 0 bridgehead atoms. The van der Waals surface area contributed by atoms with Gasteiger partial charge in [0.1, 0.15) is 0 Å². The van der Waals surface area contributed by atoms with Crippen molar-refractivity contribution in [3.63, 3.8) is 0 Å². The minimum Gasteiger partial charge on any atom is -0.355 e. The third-order valence-corrected chi connectivity index (χ3v) is 4.85. The summed E-state index contributed by atoms with van der Waals surface area (Å²) in [5.74, 6) is 6.87. The number of carbonyl (C=O) groups excluding carboxylic acids is 1. The Balaban J connectivity index is 1.93. The number of amides is 1. The number of hydrogen-bond acceptors (Lipinski definition) is 5. The van der Waals surface area contributed by atoms with Gasteiger partial charge in [-0.1, -0.05) is 59.6 Å². The van der Waals surface area contributed by atoms with Crippen molar-refractivity contribution in [1.29, 1.82) is 0 Å². The van der Waals surface area contributed by atoms with Crippen LogP contribution in [-0.2, 0) is 4.79 Å². The van der Waals surface area contributed by atoms with E-state index in [1.807, 2.05) is 24.3 Å². The third-order valence-electron chi connectivity index (χ3n) is 3.21. The second kappa shape index (κ2) is 8.93. The molecule has 0 saturated carbocycles. The highest BCUT2D eigenvalue weighted by atomic mass is 79.9. The summed E-state index contributed by atoms with van der Waals surface area (Å²) in [5, 5.41) is 11.6. The molecule has 0 spiro atoms. The summed E-state index contributed by atoms with van der Waals surface area (Å²) in [4.78, 5) is 11.8. The Labute approximate surface area is 148 Å². The van der Waals surface area contributed by atoms with Crippen LogP contribution in [0.5, 0.6) is 0 Å². The minimum atomic E-state index is -0.0171. The van der Waals surface area contributed by atoms with Gasteiger partial charge in [0.05, 0.1) is 5.75 Å². The summed E-state index contributed by atoms with van der Waals surface area (Å²) in [7, 11) is 0. The van der Waals surface area contributed by atoms with E-state index in [-0.39, 0.29) is 11.7 Å². The lowest BCUT2D eigenvalue weighted by Crippen LogP contribution is -2.26. The molecule has 8 heteroatoms. The monoisotopic (exact) mass is 397 g/mol. The van der Waals surface area contributed by atoms with Gasteiger partial charge in [0, 0.05) is 16.6 Å².